The number of aromatic nitrogens is 3. The summed E-state index contributed by atoms with van der Waals surface area (Å²) in [6, 6.07) is 18.8. The second kappa shape index (κ2) is 4.82. The van der Waals surface area contributed by atoms with E-state index in [0.29, 0.717) is 0 Å². The van der Waals surface area contributed by atoms with E-state index in [0.717, 1.165) is 22.0 Å². The Labute approximate surface area is 126 Å². The van der Waals surface area contributed by atoms with Gasteiger partial charge in [-0.1, -0.05) is 54.6 Å². The smallest absolute Gasteiger partial charge is 0.208 e. The van der Waals surface area contributed by atoms with Crippen LogP contribution in [0.4, 0.5) is 0 Å². The van der Waals surface area contributed by atoms with Crippen molar-refractivity contribution in [2.24, 2.45) is 0 Å². The molecule has 0 bridgehead atoms. The maximum atomic E-state index is 4.58. The van der Waals surface area contributed by atoms with Gasteiger partial charge in [0.2, 0.25) is 4.96 Å². The highest BCUT2D eigenvalue weighted by atomic mass is 32.1. The third-order valence-corrected chi connectivity index (χ3v) is 4.43. The van der Waals surface area contributed by atoms with E-state index >= 15 is 0 Å². The lowest BCUT2D eigenvalue weighted by atomic mass is 10.0. The molecule has 2 aromatic heterocycles. The third-order valence-electron chi connectivity index (χ3n) is 3.50. The number of rotatable bonds is 2. The Balaban J connectivity index is 1.73. The van der Waals surface area contributed by atoms with Crippen molar-refractivity contribution in [1.82, 2.24) is 14.6 Å². The first kappa shape index (κ1) is 12.3. The van der Waals surface area contributed by atoms with Gasteiger partial charge in [-0.3, -0.25) is 0 Å². The Morgan fingerprint density at radius 2 is 1.52 bits per heavy atom. The summed E-state index contributed by atoms with van der Waals surface area (Å²) in [5.41, 5.74) is 4.59. The summed E-state index contributed by atoms with van der Waals surface area (Å²) in [7, 11) is 0. The lowest BCUT2D eigenvalue weighted by molar-refractivity contribution is 0.936. The molecule has 102 valence electrons. The summed E-state index contributed by atoms with van der Waals surface area (Å²) >= 11 is 1.62. The van der Waals surface area contributed by atoms with Crippen LogP contribution in [0.25, 0.3) is 27.5 Å². The van der Waals surface area contributed by atoms with E-state index in [2.05, 4.69) is 64.0 Å². The molecule has 2 heterocycles. The van der Waals surface area contributed by atoms with E-state index in [1.807, 2.05) is 17.5 Å². The van der Waals surface area contributed by atoms with Crippen molar-refractivity contribution < 1.29 is 0 Å². The summed E-state index contributed by atoms with van der Waals surface area (Å²) in [4.78, 5) is 5.52. The number of hydrogen-bond acceptors (Lipinski definition) is 3. The van der Waals surface area contributed by atoms with Gasteiger partial charge in [-0.15, -0.1) is 16.4 Å². The van der Waals surface area contributed by atoms with Gasteiger partial charge in [-0.05, 0) is 18.1 Å². The van der Waals surface area contributed by atoms with Gasteiger partial charge in [0.15, 0.2) is 5.82 Å². The van der Waals surface area contributed by atoms with Crippen molar-refractivity contribution >= 4 is 16.3 Å². The van der Waals surface area contributed by atoms with Crippen LogP contribution in [0.2, 0.25) is 0 Å². The Morgan fingerprint density at radius 3 is 2.24 bits per heavy atom. The first-order chi connectivity index (χ1) is 10.3. The molecule has 0 spiro atoms. The van der Waals surface area contributed by atoms with Crippen LogP contribution in [0.15, 0.2) is 60.0 Å². The molecule has 0 saturated carbocycles. The largest absolute Gasteiger partial charge is 0.212 e. The first-order valence-corrected chi connectivity index (χ1v) is 7.66. The zero-order valence-electron chi connectivity index (χ0n) is 11.5. The van der Waals surface area contributed by atoms with Crippen molar-refractivity contribution in [3.63, 3.8) is 0 Å². The average Bonchev–Trinajstić information content (AvgIpc) is 3.11. The van der Waals surface area contributed by atoms with Crippen LogP contribution >= 0.6 is 11.3 Å². The Morgan fingerprint density at radius 1 is 0.857 bits per heavy atom. The lowest BCUT2D eigenvalue weighted by Crippen LogP contribution is -1.87. The molecule has 0 saturated heterocycles. The SMILES string of the molecule is Cc1csc2nc(-c3ccc(-c4ccccc4)cc3)nn12. The van der Waals surface area contributed by atoms with E-state index in [1.54, 1.807) is 11.3 Å². The van der Waals surface area contributed by atoms with Crippen molar-refractivity contribution in [3.05, 3.63) is 65.7 Å². The molecule has 0 radical (unpaired) electrons. The fourth-order valence-corrected chi connectivity index (χ4v) is 3.16. The number of hydrogen-bond donors (Lipinski definition) is 0. The van der Waals surface area contributed by atoms with E-state index in [-0.39, 0.29) is 0 Å². The summed E-state index contributed by atoms with van der Waals surface area (Å²) in [5.74, 6) is 0.782. The standard InChI is InChI=1S/C17H13N3S/c1-12-11-21-17-18-16(19-20(12)17)15-9-7-14(8-10-15)13-5-3-2-4-6-13/h2-11H,1H3. The predicted molar refractivity (Wildman–Crippen MR) is 86.5 cm³/mol. The lowest BCUT2D eigenvalue weighted by Gasteiger charge is -2.02. The Hall–Kier alpha value is -2.46. The summed E-state index contributed by atoms with van der Waals surface area (Å²) in [6.45, 7) is 2.04. The molecular weight excluding hydrogens is 278 g/mol. The molecule has 2 aromatic carbocycles. The van der Waals surface area contributed by atoms with E-state index in [9.17, 15) is 0 Å². The van der Waals surface area contributed by atoms with Crippen LogP contribution < -0.4 is 0 Å². The first-order valence-electron chi connectivity index (χ1n) is 6.78. The molecule has 0 aliphatic carbocycles. The molecule has 4 heteroatoms. The molecule has 0 fully saturated rings. The van der Waals surface area contributed by atoms with Crippen LogP contribution in [-0.4, -0.2) is 14.6 Å². The highest BCUT2D eigenvalue weighted by Gasteiger charge is 2.09. The molecular formula is C17H13N3S. The normalized spacial score (nSPS) is 11.1. The maximum Gasteiger partial charge on any atom is 0.212 e. The minimum Gasteiger partial charge on any atom is -0.208 e. The Bertz CT molecular complexity index is 889. The molecule has 0 atom stereocenters. The fraction of sp³-hybridized carbons (Fsp3) is 0.0588. The third kappa shape index (κ3) is 2.14. The van der Waals surface area contributed by atoms with Crippen molar-refractivity contribution in [1.29, 1.82) is 0 Å². The van der Waals surface area contributed by atoms with Crippen molar-refractivity contribution in [3.8, 4) is 22.5 Å². The Kier molecular flexibility index (Phi) is 2.82. The minimum atomic E-state index is 0.782. The van der Waals surface area contributed by atoms with Crippen LogP contribution in [0, 0.1) is 6.92 Å². The summed E-state index contributed by atoms with van der Waals surface area (Å²) in [6.07, 6.45) is 0. The van der Waals surface area contributed by atoms with Gasteiger partial charge >= 0.3 is 0 Å². The van der Waals surface area contributed by atoms with E-state index in [4.69, 9.17) is 0 Å². The molecule has 0 aliphatic rings. The van der Waals surface area contributed by atoms with Gasteiger partial charge in [0.1, 0.15) is 0 Å². The van der Waals surface area contributed by atoms with E-state index in [1.165, 1.54) is 11.1 Å². The quantitative estimate of drug-likeness (QED) is 0.547. The highest BCUT2D eigenvalue weighted by Crippen LogP contribution is 2.24. The molecule has 0 aliphatic heterocycles. The number of thiazole rings is 1. The predicted octanol–water partition coefficient (Wildman–Crippen LogP) is 4.43. The summed E-state index contributed by atoms with van der Waals surface area (Å²) in [5, 5.41) is 6.63. The topological polar surface area (TPSA) is 30.2 Å². The minimum absolute atomic E-state index is 0.782. The van der Waals surface area contributed by atoms with Crippen LogP contribution in [0.5, 0.6) is 0 Å². The average molecular weight is 291 g/mol. The monoisotopic (exact) mass is 291 g/mol. The zero-order chi connectivity index (χ0) is 14.2. The summed E-state index contributed by atoms with van der Waals surface area (Å²) < 4.78 is 1.89. The van der Waals surface area contributed by atoms with Crippen LogP contribution in [0.1, 0.15) is 5.69 Å². The highest BCUT2D eigenvalue weighted by molar-refractivity contribution is 7.15. The molecule has 3 nitrogen and oxygen atoms in total. The van der Waals surface area contributed by atoms with Gasteiger partial charge in [0.05, 0.1) is 5.69 Å². The van der Waals surface area contributed by atoms with Gasteiger partial charge in [-0.25, -0.2) is 4.52 Å². The van der Waals surface area contributed by atoms with Gasteiger partial charge in [0.25, 0.3) is 0 Å². The second-order valence-electron chi connectivity index (χ2n) is 4.95. The van der Waals surface area contributed by atoms with E-state index < -0.39 is 0 Å². The fourth-order valence-electron chi connectivity index (χ4n) is 2.36. The number of aryl methyl sites for hydroxylation is 1. The molecule has 0 amide bonds. The molecule has 0 unspecified atom stereocenters. The maximum absolute atomic E-state index is 4.58. The van der Waals surface area contributed by atoms with Crippen LogP contribution in [0.3, 0.4) is 0 Å². The molecule has 21 heavy (non-hydrogen) atoms. The molecule has 4 aromatic rings. The second-order valence-corrected chi connectivity index (χ2v) is 5.79. The zero-order valence-corrected chi connectivity index (χ0v) is 12.3. The van der Waals surface area contributed by atoms with Gasteiger partial charge in [0, 0.05) is 10.9 Å². The number of fused-ring (bicyclic) bond motifs is 1. The van der Waals surface area contributed by atoms with Crippen molar-refractivity contribution in [2.75, 3.05) is 0 Å². The van der Waals surface area contributed by atoms with Gasteiger partial charge in [-0.2, -0.15) is 4.98 Å². The number of nitrogens with zero attached hydrogens (tertiary/aromatic N) is 3. The van der Waals surface area contributed by atoms with Crippen LogP contribution in [-0.2, 0) is 0 Å². The van der Waals surface area contributed by atoms with Gasteiger partial charge < -0.3 is 0 Å². The molecule has 4 rings (SSSR count). The molecule has 0 N–H and O–H groups in total. The van der Waals surface area contributed by atoms with Crippen molar-refractivity contribution in [2.45, 2.75) is 6.92 Å². The number of benzene rings is 2.